The van der Waals surface area contributed by atoms with Gasteiger partial charge in [0, 0.05) is 5.75 Å². The van der Waals surface area contributed by atoms with Gasteiger partial charge in [0.05, 0.1) is 28.6 Å². The molecule has 0 bridgehead atoms. The Labute approximate surface area is 129 Å². The lowest BCUT2D eigenvalue weighted by molar-refractivity contribution is 0.478. The molecule has 0 aromatic rings. The van der Waals surface area contributed by atoms with Gasteiger partial charge in [-0.25, -0.2) is 16.8 Å². The summed E-state index contributed by atoms with van der Waals surface area (Å²) in [7, 11) is -5.91. The largest absolute Gasteiger partial charge is 0.365 e. The Bertz CT molecular complexity index is 650. The first-order valence-electron chi connectivity index (χ1n) is 6.13. The molecule has 0 saturated carbocycles. The molecule has 1 saturated heterocycles. The number of hydrogen-bond acceptors (Lipinski definition) is 6. The summed E-state index contributed by atoms with van der Waals surface area (Å²) in [6.07, 6.45) is 2.28. The Morgan fingerprint density at radius 1 is 1.40 bits per heavy atom. The van der Waals surface area contributed by atoms with Crippen molar-refractivity contribution < 1.29 is 16.8 Å². The van der Waals surface area contributed by atoms with Gasteiger partial charge in [-0.1, -0.05) is 30.1 Å². The van der Waals surface area contributed by atoms with E-state index in [-0.39, 0.29) is 23.0 Å². The second-order valence-corrected chi connectivity index (χ2v) is 11.5. The number of nitrogens with one attached hydrogen (secondary N) is 1. The van der Waals surface area contributed by atoms with Crippen LogP contribution in [0.2, 0.25) is 0 Å². The monoisotopic (exact) mass is 355 g/mol. The van der Waals surface area contributed by atoms with E-state index in [1.54, 1.807) is 6.08 Å². The summed E-state index contributed by atoms with van der Waals surface area (Å²) in [5, 5.41) is 3.09. The van der Waals surface area contributed by atoms with Gasteiger partial charge >= 0.3 is 0 Å². The maximum absolute atomic E-state index is 11.5. The first-order chi connectivity index (χ1) is 9.09. The van der Waals surface area contributed by atoms with Crippen molar-refractivity contribution in [2.75, 3.05) is 28.8 Å². The Hall–Kier alpha value is -0.120. The molecule has 1 fully saturated rings. The van der Waals surface area contributed by atoms with Crippen LogP contribution in [0.4, 0.5) is 0 Å². The molecule has 5 nitrogen and oxygen atoms in total. The van der Waals surface area contributed by atoms with Crippen molar-refractivity contribution in [3.05, 3.63) is 11.6 Å². The van der Waals surface area contributed by atoms with E-state index in [4.69, 9.17) is 12.2 Å². The second-order valence-electron chi connectivity index (χ2n) is 5.52. The molecule has 2 aliphatic rings. The van der Waals surface area contributed by atoms with Crippen LogP contribution in [0.25, 0.3) is 0 Å². The lowest BCUT2D eigenvalue weighted by Gasteiger charge is -2.25. The summed E-state index contributed by atoms with van der Waals surface area (Å²) >= 11 is 6.56. The van der Waals surface area contributed by atoms with Crippen LogP contribution in [0.3, 0.4) is 0 Å². The average molecular weight is 356 g/mol. The molecule has 0 unspecified atom stereocenters. The molecule has 114 valence electrons. The van der Waals surface area contributed by atoms with E-state index in [0.29, 0.717) is 16.5 Å². The van der Waals surface area contributed by atoms with E-state index in [0.717, 1.165) is 5.57 Å². The number of rotatable bonds is 3. The van der Waals surface area contributed by atoms with Gasteiger partial charge in [0.15, 0.2) is 19.7 Å². The Kier molecular flexibility index (Phi) is 4.54. The highest BCUT2D eigenvalue weighted by molar-refractivity contribution is 8.23. The van der Waals surface area contributed by atoms with Gasteiger partial charge in [0.25, 0.3) is 0 Å². The minimum absolute atomic E-state index is 0.0950. The fourth-order valence-corrected chi connectivity index (χ4v) is 7.19. The standard InChI is InChI=1S/C11H17NO4S4/c1-11(3-5-20(15,16)8-11)12-10(17)18-6-9-2-4-19(13,14)7-9/h2H,3-8H2,1H3,(H,12,17)/t11-/m1/s1. The van der Waals surface area contributed by atoms with E-state index in [9.17, 15) is 16.8 Å². The number of thiocarbonyl (C=S) groups is 1. The van der Waals surface area contributed by atoms with Crippen molar-refractivity contribution in [3.63, 3.8) is 0 Å². The molecule has 2 aliphatic heterocycles. The lowest BCUT2D eigenvalue weighted by Crippen LogP contribution is -2.45. The zero-order chi connectivity index (χ0) is 15.0. The smallest absolute Gasteiger partial charge is 0.157 e. The van der Waals surface area contributed by atoms with Crippen molar-refractivity contribution in [2.45, 2.75) is 18.9 Å². The first-order valence-corrected chi connectivity index (χ1v) is 11.2. The molecular formula is C11H17NO4S4. The zero-order valence-corrected chi connectivity index (χ0v) is 14.4. The molecule has 0 amide bonds. The minimum atomic E-state index is -2.97. The average Bonchev–Trinajstić information content (AvgIpc) is 2.76. The molecule has 0 aliphatic carbocycles. The highest BCUT2D eigenvalue weighted by Gasteiger charge is 2.38. The van der Waals surface area contributed by atoms with Crippen molar-refractivity contribution >= 4 is 48.0 Å². The molecule has 1 atom stereocenters. The lowest BCUT2D eigenvalue weighted by atomic mass is 10.0. The fourth-order valence-electron chi connectivity index (χ4n) is 2.30. The normalized spacial score (nSPS) is 30.9. The van der Waals surface area contributed by atoms with Crippen LogP contribution >= 0.6 is 24.0 Å². The Morgan fingerprint density at radius 3 is 2.60 bits per heavy atom. The molecule has 0 spiro atoms. The van der Waals surface area contributed by atoms with Crippen molar-refractivity contribution in [3.8, 4) is 0 Å². The van der Waals surface area contributed by atoms with Crippen molar-refractivity contribution in [2.24, 2.45) is 0 Å². The van der Waals surface area contributed by atoms with Gasteiger partial charge in [-0.05, 0) is 18.9 Å². The quantitative estimate of drug-likeness (QED) is 0.584. The highest BCUT2D eigenvalue weighted by atomic mass is 32.2. The molecule has 1 N–H and O–H groups in total. The van der Waals surface area contributed by atoms with Crippen LogP contribution in [-0.2, 0) is 19.7 Å². The summed E-state index contributed by atoms with van der Waals surface area (Å²) < 4.78 is 46.1. The van der Waals surface area contributed by atoms with Gasteiger partial charge in [0.1, 0.15) is 4.32 Å². The van der Waals surface area contributed by atoms with E-state index in [1.165, 1.54) is 11.8 Å². The SMILES string of the molecule is C[C@@]1(NC(=S)SCC2=CCS(=O)(=O)C2)CCS(=O)(=O)C1. The Balaban J connectivity index is 1.82. The maximum Gasteiger partial charge on any atom is 0.157 e. The first kappa shape index (κ1) is 16.3. The van der Waals surface area contributed by atoms with Crippen LogP contribution in [0.15, 0.2) is 11.6 Å². The third-order valence-electron chi connectivity index (χ3n) is 3.33. The third kappa shape index (κ3) is 4.44. The van der Waals surface area contributed by atoms with E-state index in [2.05, 4.69) is 5.32 Å². The van der Waals surface area contributed by atoms with Crippen LogP contribution in [0.1, 0.15) is 13.3 Å². The van der Waals surface area contributed by atoms with Gasteiger partial charge in [-0.15, -0.1) is 0 Å². The van der Waals surface area contributed by atoms with Crippen molar-refractivity contribution in [1.82, 2.24) is 5.32 Å². The fraction of sp³-hybridized carbons (Fsp3) is 0.727. The predicted octanol–water partition coefficient (Wildman–Crippen LogP) is 0.526. The Morgan fingerprint density at radius 2 is 2.10 bits per heavy atom. The number of hydrogen-bond donors (Lipinski definition) is 1. The molecular weight excluding hydrogens is 338 g/mol. The van der Waals surface area contributed by atoms with Crippen LogP contribution in [0.5, 0.6) is 0 Å². The van der Waals surface area contributed by atoms with E-state index >= 15 is 0 Å². The molecule has 20 heavy (non-hydrogen) atoms. The number of thioether (sulfide) groups is 1. The van der Waals surface area contributed by atoms with Crippen molar-refractivity contribution in [1.29, 1.82) is 0 Å². The summed E-state index contributed by atoms with van der Waals surface area (Å²) in [4.78, 5) is 0. The summed E-state index contributed by atoms with van der Waals surface area (Å²) in [6, 6.07) is 0. The summed E-state index contributed by atoms with van der Waals surface area (Å²) in [6.45, 7) is 1.85. The van der Waals surface area contributed by atoms with Gasteiger partial charge in [-0.3, -0.25) is 0 Å². The van der Waals surface area contributed by atoms with Crippen LogP contribution in [0, 0.1) is 0 Å². The van der Waals surface area contributed by atoms with E-state index in [1.807, 2.05) is 6.92 Å². The van der Waals surface area contributed by atoms with Gasteiger partial charge < -0.3 is 5.32 Å². The van der Waals surface area contributed by atoms with E-state index < -0.39 is 25.2 Å². The number of sulfone groups is 2. The molecule has 0 aromatic heterocycles. The molecule has 0 radical (unpaired) electrons. The van der Waals surface area contributed by atoms with Crippen LogP contribution in [-0.4, -0.2) is 55.5 Å². The molecule has 9 heteroatoms. The highest BCUT2D eigenvalue weighted by Crippen LogP contribution is 2.25. The third-order valence-corrected chi connectivity index (χ3v) is 8.05. The molecule has 2 rings (SSSR count). The second kappa shape index (κ2) is 5.58. The molecule has 2 heterocycles. The maximum atomic E-state index is 11.5. The topological polar surface area (TPSA) is 80.3 Å². The predicted molar refractivity (Wildman–Crippen MR) is 86.6 cm³/mol. The summed E-state index contributed by atoms with van der Waals surface area (Å²) in [5.74, 6) is 1.03. The zero-order valence-electron chi connectivity index (χ0n) is 11.1. The van der Waals surface area contributed by atoms with Crippen LogP contribution < -0.4 is 5.32 Å². The molecule has 0 aromatic carbocycles. The minimum Gasteiger partial charge on any atom is -0.365 e. The van der Waals surface area contributed by atoms with Gasteiger partial charge in [0.2, 0.25) is 0 Å². The van der Waals surface area contributed by atoms with Gasteiger partial charge in [-0.2, -0.15) is 0 Å². The summed E-state index contributed by atoms with van der Waals surface area (Å²) in [5.41, 5.74) is 0.363.